The molecule has 0 N–H and O–H groups in total. The Bertz CT molecular complexity index is 1060. The van der Waals surface area contributed by atoms with Gasteiger partial charge in [-0.3, -0.25) is 10.1 Å². The maximum Gasteiger partial charge on any atom is 0.270 e. The van der Waals surface area contributed by atoms with E-state index >= 15 is 0 Å². The van der Waals surface area contributed by atoms with Crippen molar-refractivity contribution in [2.75, 3.05) is 6.61 Å². The normalized spacial score (nSPS) is 12.9. The fraction of sp³-hybridized carbons (Fsp3) is 0.0588. The van der Waals surface area contributed by atoms with Gasteiger partial charge in [0.1, 0.15) is 12.4 Å². The highest BCUT2D eigenvalue weighted by atomic mass is 35.5. The molecule has 2 aromatic carbocycles. The lowest BCUT2D eigenvalue weighted by molar-refractivity contribution is -0.384. The molecule has 1 aromatic heterocycles. The van der Waals surface area contributed by atoms with Gasteiger partial charge in [0.25, 0.3) is 11.6 Å². The number of hydrogen-bond acceptors (Lipinski definition) is 6. The van der Waals surface area contributed by atoms with Crippen LogP contribution < -0.4 is 4.74 Å². The maximum absolute atomic E-state index is 11.0. The number of nitro groups is 1. The summed E-state index contributed by atoms with van der Waals surface area (Å²) in [6, 6.07) is 9.32. The van der Waals surface area contributed by atoms with Crippen LogP contribution in [0.15, 0.2) is 40.9 Å². The molecule has 7 nitrogen and oxygen atoms in total. The summed E-state index contributed by atoms with van der Waals surface area (Å²) in [4.78, 5) is 14.7. The Balaban J connectivity index is 1.71. The lowest BCUT2D eigenvalue weighted by Gasteiger charge is -2.16. The first-order valence-corrected chi connectivity index (χ1v) is 8.18. The average molecular weight is 390 g/mol. The molecular weight excluding hydrogens is 381 g/mol. The lowest BCUT2D eigenvalue weighted by atomic mass is 10.1. The van der Waals surface area contributed by atoms with E-state index < -0.39 is 4.92 Å². The van der Waals surface area contributed by atoms with Gasteiger partial charge in [0.2, 0.25) is 5.82 Å². The first-order valence-electron chi connectivity index (χ1n) is 7.42. The van der Waals surface area contributed by atoms with Crippen LogP contribution in [0.1, 0.15) is 11.4 Å². The second-order valence-electron chi connectivity index (χ2n) is 5.48. The van der Waals surface area contributed by atoms with Gasteiger partial charge in [-0.15, -0.1) is 0 Å². The van der Waals surface area contributed by atoms with Crippen LogP contribution in [0.5, 0.6) is 5.75 Å². The van der Waals surface area contributed by atoms with E-state index in [9.17, 15) is 10.1 Å². The molecule has 0 spiro atoms. The van der Waals surface area contributed by atoms with E-state index in [1.807, 2.05) is 6.08 Å². The van der Waals surface area contributed by atoms with E-state index in [1.165, 1.54) is 18.2 Å². The molecule has 0 bridgehead atoms. The Kier molecular flexibility index (Phi) is 4.10. The number of hydrogen-bond donors (Lipinski definition) is 0. The zero-order valence-electron chi connectivity index (χ0n) is 13.0. The molecule has 9 heteroatoms. The maximum atomic E-state index is 11.0. The van der Waals surface area contributed by atoms with E-state index in [1.54, 1.807) is 18.2 Å². The van der Waals surface area contributed by atoms with Crippen LogP contribution in [-0.4, -0.2) is 21.7 Å². The number of aromatic nitrogens is 2. The van der Waals surface area contributed by atoms with Crippen LogP contribution in [0.2, 0.25) is 10.0 Å². The van der Waals surface area contributed by atoms with Crippen LogP contribution in [0, 0.1) is 10.1 Å². The van der Waals surface area contributed by atoms with Crippen molar-refractivity contribution in [3.8, 4) is 17.2 Å². The zero-order chi connectivity index (χ0) is 18.3. The minimum absolute atomic E-state index is 0.0893. The molecule has 0 saturated carbocycles. The molecule has 0 aliphatic carbocycles. The molecule has 0 saturated heterocycles. The van der Waals surface area contributed by atoms with Gasteiger partial charge in [-0.05, 0) is 30.3 Å². The zero-order valence-corrected chi connectivity index (χ0v) is 14.5. The molecule has 0 radical (unpaired) electrons. The third-order valence-corrected chi connectivity index (χ3v) is 4.35. The number of halogens is 2. The number of benzene rings is 2. The van der Waals surface area contributed by atoms with Crippen molar-refractivity contribution in [2.24, 2.45) is 0 Å². The molecular formula is C17H9Cl2N3O4. The summed E-state index contributed by atoms with van der Waals surface area (Å²) in [6.45, 7) is 0.260. The van der Waals surface area contributed by atoms with Gasteiger partial charge in [-0.25, -0.2) is 0 Å². The van der Waals surface area contributed by atoms with E-state index in [0.717, 1.165) is 5.56 Å². The molecule has 0 unspecified atom stereocenters. The fourth-order valence-electron chi connectivity index (χ4n) is 2.53. The monoisotopic (exact) mass is 389 g/mol. The van der Waals surface area contributed by atoms with E-state index in [0.29, 0.717) is 27.7 Å². The van der Waals surface area contributed by atoms with Crippen LogP contribution in [-0.2, 0) is 0 Å². The predicted octanol–water partition coefficient (Wildman–Crippen LogP) is 4.88. The van der Waals surface area contributed by atoms with Crippen molar-refractivity contribution in [1.29, 1.82) is 0 Å². The summed E-state index contributed by atoms with van der Waals surface area (Å²) in [5, 5.41) is 15.7. The highest BCUT2D eigenvalue weighted by Gasteiger charge is 2.21. The van der Waals surface area contributed by atoms with E-state index in [4.69, 9.17) is 32.5 Å². The highest BCUT2D eigenvalue weighted by molar-refractivity contribution is 6.33. The lowest BCUT2D eigenvalue weighted by Crippen LogP contribution is -2.07. The standard InChI is InChI=1S/C17H9Cl2N3O4/c18-11-1-4-15-9(6-11)5-10(8-25-15)16-20-17(26-21-16)13-7-12(22(23)24)2-3-14(13)19/h1-7H,8H2. The van der Waals surface area contributed by atoms with Gasteiger partial charge in [0.05, 0.1) is 15.5 Å². The molecule has 1 aliphatic rings. The third-order valence-electron chi connectivity index (χ3n) is 3.79. The summed E-state index contributed by atoms with van der Waals surface area (Å²) in [5.74, 6) is 1.11. The summed E-state index contributed by atoms with van der Waals surface area (Å²) in [7, 11) is 0. The van der Waals surface area contributed by atoms with Gasteiger partial charge >= 0.3 is 0 Å². The molecule has 0 atom stereocenters. The quantitative estimate of drug-likeness (QED) is 0.467. The van der Waals surface area contributed by atoms with E-state index in [-0.39, 0.29) is 23.2 Å². The Morgan fingerprint density at radius 2 is 2.00 bits per heavy atom. The van der Waals surface area contributed by atoms with Gasteiger partial charge < -0.3 is 9.26 Å². The molecule has 3 aromatic rings. The minimum Gasteiger partial charge on any atom is -0.488 e. The molecule has 4 rings (SSSR count). The van der Waals surface area contributed by atoms with Crippen LogP contribution in [0.25, 0.3) is 23.1 Å². The summed E-state index contributed by atoms with van der Waals surface area (Å²) < 4.78 is 10.9. The van der Waals surface area contributed by atoms with Gasteiger partial charge in [0.15, 0.2) is 0 Å². The number of nitro benzene ring substituents is 1. The number of rotatable bonds is 3. The molecule has 0 fully saturated rings. The Labute approximate surface area is 157 Å². The van der Waals surface area contributed by atoms with Crippen molar-refractivity contribution in [3.63, 3.8) is 0 Å². The average Bonchev–Trinajstić information content (AvgIpc) is 3.11. The van der Waals surface area contributed by atoms with Crippen molar-refractivity contribution >= 4 is 40.5 Å². The first-order chi connectivity index (χ1) is 12.5. The van der Waals surface area contributed by atoms with Gasteiger partial charge in [-0.1, -0.05) is 28.4 Å². The summed E-state index contributed by atoms with van der Waals surface area (Å²) in [6.07, 6.45) is 1.86. The largest absolute Gasteiger partial charge is 0.488 e. The Morgan fingerprint density at radius 1 is 1.15 bits per heavy atom. The predicted molar refractivity (Wildman–Crippen MR) is 96.2 cm³/mol. The molecule has 1 aliphatic heterocycles. The second kappa shape index (κ2) is 6.44. The SMILES string of the molecule is O=[N+]([O-])c1ccc(Cl)c(-c2nc(C3=Cc4cc(Cl)ccc4OC3)no2)c1. The van der Waals surface area contributed by atoms with Crippen molar-refractivity contribution in [2.45, 2.75) is 0 Å². The number of fused-ring (bicyclic) bond motifs is 1. The van der Waals surface area contributed by atoms with Crippen molar-refractivity contribution in [1.82, 2.24) is 10.1 Å². The van der Waals surface area contributed by atoms with Gasteiger partial charge in [0, 0.05) is 28.3 Å². The number of non-ortho nitro benzene ring substituents is 1. The summed E-state index contributed by atoms with van der Waals surface area (Å²) in [5.41, 5.74) is 1.67. The molecule has 2 heterocycles. The smallest absolute Gasteiger partial charge is 0.270 e. The summed E-state index contributed by atoms with van der Waals surface area (Å²) >= 11 is 12.1. The fourth-order valence-corrected chi connectivity index (χ4v) is 2.91. The second-order valence-corrected chi connectivity index (χ2v) is 6.33. The van der Waals surface area contributed by atoms with Crippen LogP contribution in [0.3, 0.4) is 0 Å². The van der Waals surface area contributed by atoms with Crippen LogP contribution >= 0.6 is 23.2 Å². The topological polar surface area (TPSA) is 91.3 Å². The third kappa shape index (κ3) is 3.02. The van der Waals surface area contributed by atoms with Crippen molar-refractivity contribution in [3.05, 3.63) is 67.9 Å². The number of nitrogens with zero attached hydrogens (tertiary/aromatic N) is 3. The van der Waals surface area contributed by atoms with Crippen LogP contribution in [0.4, 0.5) is 5.69 Å². The number of ether oxygens (including phenoxy) is 1. The highest BCUT2D eigenvalue weighted by Crippen LogP contribution is 2.34. The molecule has 26 heavy (non-hydrogen) atoms. The van der Waals surface area contributed by atoms with Crippen molar-refractivity contribution < 1.29 is 14.2 Å². The molecule has 130 valence electrons. The first kappa shape index (κ1) is 16.6. The van der Waals surface area contributed by atoms with Gasteiger partial charge in [-0.2, -0.15) is 4.98 Å². The molecule has 0 amide bonds. The Morgan fingerprint density at radius 3 is 2.81 bits per heavy atom. The minimum atomic E-state index is -0.519. The van der Waals surface area contributed by atoms with E-state index in [2.05, 4.69) is 10.1 Å². The Hall–Kier alpha value is -2.90.